The van der Waals surface area contributed by atoms with Gasteiger partial charge in [0.2, 0.25) is 12.3 Å². The quantitative estimate of drug-likeness (QED) is 0.679. The molecule has 1 aromatic carbocycles. The predicted octanol–water partition coefficient (Wildman–Crippen LogP) is 4.83. The summed E-state index contributed by atoms with van der Waals surface area (Å²) in [6, 6.07) is 2.76. The molecule has 0 nitrogen and oxygen atoms in total. The Labute approximate surface area is 96.2 Å². The van der Waals surface area contributed by atoms with Crippen molar-refractivity contribution in [1.82, 2.24) is 0 Å². The van der Waals surface area contributed by atoms with Crippen LogP contribution in [0, 0.1) is 0 Å². The first kappa shape index (κ1) is 14.7. The minimum absolute atomic E-state index is 0.478. The van der Waals surface area contributed by atoms with E-state index in [1.165, 1.54) is 0 Å². The summed E-state index contributed by atoms with van der Waals surface area (Å²) < 4.78 is 98.6. The van der Waals surface area contributed by atoms with Crippen LogP contribution in [-0.2, 0) is 0 Å². The Bertz CT molecular complexity index is 366. The molecule has 0 N–H and O–H groups in total. The SMILES string of the molecule is FC(c1ccccc1C(F)C(F)(F)F)C(F)(F)F. The average molecular weight is 278 g/mol. The van der Waals surface area contributed by atoms with Crippen molar-refractivity contribution in [2.45, 2.75) is 24.7 Å². The zero-order valence-corrected chi connectivity index (χ0v) is 8.49. The Kier molecular flexibility index (Phi) is 3.87. The van der Waals surface area contributed by atoms with Crippen LogP contribution in [0.1, 0.15) is 23.5 Å². The lowest BCUT2D eigenvalue weighted by atomic mass is 9.99. The van der Waals surface area contributed by atoms with Gasteiger partial charge in [-0.05, 0) is 0 Å². The second-order valence-corrected chi connectivity index (χ2v) is 3.44. The van der Waals surface area contributed by atoms with Gasteiger partial charge in [0.25, 0.3) is 0 Å². The molecule has 0 amide bonds. The molecule has 1 aromatic rings. The van der Waals surface area contributed by atoms with E-state index in [-0.39, 0.29) is 0 Å². The van der Waals surface area contributed by atoms with E-state index in [0.717, 1.165) is 12.1 Å². The number of hydrogen-bond donors (Lipinski definition) is 0. The van der Waals surface area contributed by atoms with Crippen molar-refractivity contribution < 1.29 is 35.1 Å². The van der Waals surface area contributed by atoms with E-state index in [0.29, 0.717) is 12.1 Å². The van der Waals surface area contributed by atoms with E-state index < -0.39 is 35.8 Å². The largest absolute Gasteiger partial charge is 0.423 e. The first-order chi connectivity index (χ1) is 8.05. The molecule has 18 heavy (non-hydrogen) atoms. The summed E-state index contributed by atoms with van der Waals surface area (Å²) in [5.74, 6) is 0. The molecule has 0 fully saturated rings. The minimum Gasteiger partial charge on any atom is -0.232 e. The van der Waals surface area contributed by atoms with Crippen LogP contribution in [0.5, 0.6) is 0 Å². The highest BCUT2D eigenvalue weighted by Crippen LogP contribution is 2.43. The molecule has 0 aliphatic carbocycles. The van der Waals surface area contributed by atoms with E-state index in [4.69, 9.17) is 0 Å². The fraction of sp³-hybridized carbons (Fsp3) is 0.400. The van der Waals surface area contributed by atoms with Crippen LogP contribution in [0.2, 0.25) is 0 Å². The Morgan fingerprint density at radius 1 is 0.667 bits per heavy atom. The van der Waals surface area contributed by atoms with Gasteiger partial charge in [0.15, 0.2) is 0 Å². The normalized spacial score (nSPS) is 16.4. The molecule has 2 unspecified atom stereocenters. The molecule has 0 aromatic heterocycles. The molecule has 0 spiro atoms. The molecule has 102 valence electrons. The molecule has 0 heterocycles. The summed E-state index contributed by atoms with van der Waals surface area (Å²) in [5.41, 5.74) is -2.73. The van der Waals surface area contributed by atoms with Gasteiger partial charge in [0, 0.05) is 11.1 Å². The molecular formula is C10H6F8. The summed E-state index contributed by atoms with van der Waals surface area (Å²) in [4.78, 5) is 0. The minimum atomic E-state index is -5.39. The molecule has 2 atom stereocenters. The van der Waals surface area contributed by atoms with Crippen molar-refractivity contribution in [1.29, 1.82) is 0 Å². The van der Waals surface area contributed by atoms with Gasteiger partial charge in [0.05, 0.1) is 0 Å². The zero-order valence-electron chi connectivity index (χ0n) is 8.49. The number of rotatable bonds is 2. The highest BCUT2D eigenvalue weighted by molar-refractivity contribution is 5.32. The lowest BCUT2D eigenvalue weighted by molar-refractivity contribution is -0.190. The van der Waals surface area contributed by atoms with E-state index in [1.54, 1.807) is 0 Å². The van der Waals surface area contributed by atoms with Crippen LogP contribution in [0.15, 0.2) is 24.3 Å². The van der Waals surface area contributed by atoms with Crippen molar-refractivity contribution in [3.8, 4) is 0 Å². The van der Waals surface area contributed by atoms with Gasteiger partial charge < -0.3 is 0 Å². The van der Waals surface area contributed by atoms with Gasteiger partial charge in [-0.15, -0.1) is 0 Å². The number of benzene rings is 1. The van der Waals surface area contributed by atoms with E-state index in [1.807, 2.05) is 0 Å². The molecule has 0 aliphatic heterocycles. The Balaban J connectivity index is 3.23. The Morgan fingerprint density at radius 3 is 1.17 bits per heavy atom. The van der Waals surface area contributed by atoms with Gasteiger partial charge in [-0.2, -0.15) is 26.3 Å². The van der Waals surface area contributed by atoms with Crippen molar-refractivity contribution in [3.63, 3.8) is 0 Å². The molecule has 1 rings (SSSR count). The molecule has 0 aliphatic rings. The van der Waals surface area contributed by atoms with Crippen LogP contribution in [0.3, 0.4) is 0 Å². The zero-order chi connectivity index (χ0) is 14.1. The molecule has 0 bridgehead atoms. The third kappa shape index (κ3) is 3.11. The molecular weight excluding hydrogens is 272 g/mol. The Hall–Kier alpha value is -1.34. The monoisotopic (exact) mass is 278 g/mol. The molecule has 8 heteroatoms. The topological polar surface area (TPSA) is 0 Å². The second-order valence-electron chi connectivity index (χ2n) is 3.44. The summed E-state index contributed by atoms with van der Waals surface area (Å²) in [6.07, 6.45) is -18.1. The maximum Gasteiger partial charge on any atom is 0.423 e. The van der Waals surface area contributed by atoms with Gasteiger partial charge in [-0.1, -0.05) is 24.3 Å². The van der Waals surface area contributed by atoms with Crippen molar-refractivity contribution in [2.75, 3.05) is 0 Å². The number of hydrogen-bond acceptors (Lipinski definition) is 0. The first-order valence-electron chi connectivity index (χ1n) is 4.55. The summed E-state index contributed by atoms with van der Waals surface area (Å²) >= 11 is 0. The fourth-order valence-electron chi connectivity index (χ4n) is 1.33. The standard InChI is InChI=1S/C10H6F8/c11-7(9(13,14)15)5-3-1-2-4-6(5)8(12)10(16,17)18/h1-4,7-8H. The van der Waals surface area contributed by atoms with Crippen molar-refractivity contribution >= 4 is 0 Å². The number of halogens is 8. The second kappa shape index (κ2) is 4.74. The van der Waals surface area contributed by atoms with E-state index >= 15 is 0 Å². The highest BCUT2D eigenvalue weighted by Gasteiger charge is 2.47. The third-order valence-corrected chi connectivity index (χ3v) is 2.12. The highest BCUT2D eigenvalue weighted by atomic mass is 19.4. The molecule has 0 saturated carbocycles. The van der Waals surface area contributed by atoms with Gasteiger partial charge in [0.1, 0.15) is 0 Å². The molecule has 0 radical (unpaired) electrons. The van der Waals surface area contributed by atoms with E-state index in [9.17, 15) is 35.1 Å². The lowest BCUT2D eigenvalue weighted by Crippen LogP contribution is -2.22. The van der Waals surface area contributed by atoms with Gasteiger partial charge in [-0.3, -0.25) is 0 Å². The van der Waals surface area contributed by atoms with Crippen LogP contribution in [0.25, 0.3) is 0 Å². The van der Waals surface area contributed by atoms with Crippen LogP contribution >= 0.6 is 0 Å². The van der Waals surface area contributed by atoms with Gasteiger partial charge >= 0.3 is 12.4 Å². The third-order valence-electron chi connectivity index (χ3n) is 2.12. The summed E-state index contributed by atoms with van der Waals surface area (Å²) in [5, 5.41) is 0. The maximum absolute atomic E-state index is 13.0. The summed E-state index contributed by atoms with van der Waals surface area (Å²) in [7, 11) is 0. The van der Waals surface area contributed by atoms with Gasteiger partial charge in [-0.25, -0.2) is 8.78 Å². The predicted molar refractivity (Wildman–Crippen MR) is 46.3 cm³/mol. The fourth-order valence-corrected chi connectivity index (χ4v) is 1.33. The maximum atomic E-state index is 13.0. The van der Waals surface area contributed by atoms with Crippen LogP contribution in [-0.4, -0.2) is 12.4 Å². The van der Waals surface area contributed by atoms with Crippen LogP contribution in [0.4, 0.5) is 35.1 Å². The summed E-state index contributed by atoms with van der Waals surface area (Å²) in [6.45, 7) is 0. The average Bonchev–Trinajstić information content (AvgIpc) is 2.24. The van der Waals surface area contributed by atoms with Crippen LogP contribution < -0.4 is 0 Å². The number of alkyl halides is 8. The molecule has 0 saturated heterocycles. The smallest absolute Gasteiger partial charge is 0.232 e. The first-order valence-corrected chi connectivity index (χ1v) is 4.55. The van der Waals surface area contributed by atoms with Crippen molar-refractivity contribution in [3.05, 3.63) is 35.4 Å². The Morgan fingerprint density at radius 2 is 0.944 bits per heavy atom. The lowest BCUT2D eigenvalue weighted by Gasteiger charge is -2.19. The van der Waals surface area contributed by atoms with E-state index in [2.05, 4.69) is 0 Å². The van der Waals surface area contributed by atoms with Crippen molar-refractivity contribution in [2.24, 2.45) is 0 Å².